The number of hydrogen-bond donors (Lipinski definition) is 1. The molecule has 0 amide bonds. The second-order valence-corrected chi connectivity index (χ2v) is 4.59. The summed E-state index contributed by atoms with van der Waals surface area (Å²) in [6.45, 7) is 10.9. The fraction of sp³-hybridized carbons (Fsp3) is 0.769. The predicted molar refractivity (Wildman–Crippen MR) is 66.6 cm³/mol. The summed E-state index contributed by atoms with van der Waals surface area (Å²) in [5, 5.41) is 14.8. The lowest BCUT2D eigenvalue weighted by molar-refractivity contribution is 0.0112. The maximum Gasteiger partial charge on any atom is 0.0837 e. The predicted octanol–water partition coefficient (Wildman–Crippen LogP) is 2.61. The zero-order valence-corrected chi connectivity index (χ0v) is 11.2. The molecule has 1 N–H and O–H groups in total. The number of aliphatic hydroxyl groups is 1. The summed E-state index contributed by atoms with van der Waals surface area (Å²) in [6.07, 6.45) is 2.54. The maximum atomic E-state index is 10.3. The van der Waals surface area contributed by atoms with Crippen LogP contribution < -0.4 is 0 Å². The molecule has 0 aliphatic carbocycles. The summed E-state index contributed by atoms with van der Waals surface area (Å²) in [5.41, 5.74) is 2.98. The lowest BCUT2D eigenvalue weighted by atomic mass is 9.97. The minimum atomic E-state index is -0.617. The monoisotopic (exact) mass is 224 g/mol. The van der Waals surface area contributed by atoms with Crippen LogP contribution in [0.2, 0.25) is 0 Å². The first-order valence-corrected chi connectivity index (χ1v) is 6.22. The van der Waals surface area contributed by atoms with E-state index in [4.69, 9.17) is 0 Å². The summed E-state index contributed by atoms with van der Waals surface area (Å²) in [5.74, 6) is 0. The van der Waals surface area contributed by atoms with Crippen LogP contribution in [0.3, 0.4) is 0 Å². The minimum absolute atomic E-state index is 0.604. The van der Waals surface area contributed by atoms with Crippen LogP contribution in [0.4, 0.5) is 0 Å². The van der Waals surface area contributed by atoms with Crippen LogP contribution in [0.1, 0.15) is 50.6 Å². The molecule has 0 saturated heterocycles. The highest BCUT2D eigenvalue weighted by atomic mass is 16.3. The second-order valence-electron chi connectivity index (χ2n) is 4.59. The molecule has 16 heavy (non-hydrogen) atoms. The largest absolute Gasteiger partial charge is 0.388 e. The molecule has 1 rings (SSSR count). The van der Waals surface area contributed by atoms with Crippen molar-refractivity contribution in [2.45, 2.75) is 66.0 Å². The molecule has 92 valence electrons. The van der Waals surface area contributed by atoms with Crippen molar-refractivity contribution in [1.29, 1.82) is 0 Å². The molecule has 0 unspecified atom stereocenters. The molecule has 3 nitrogen and oxygen atoms in total. The van der Waals surface area contributed by atoms with Gasteiger partial charge in [0, 0.05) is 5.69 Å². The van der Waals surface area contributed by atoms with Gasteiger partial charge in [-0.25, -0.2) is 0 Å². The number of aromatic nitrogens is 2. The standard InChI is InChI=1S/C13H24N2O/c1-6-12-10(4)14-15(11(12)5)9-13(16,7-2)8-3/h16H,6-9H2,1-5H3. The molecule has 0 aliphatic heterocycles. The summed E-state index contributed by atoms with van der Waals surface area (Å²) >= 11 is 0. The normalized spacial score (nSPS) is 12.1. The van der Waals surface area contributed by atoms with Crippen molar-refractivity contribution in [2.24, 2.45) is 0 Å². The van der Waals surface area contributed by atoms with Crippen molar-refractivity contribution in [3.05, 3.63) is 17.0 Å². The van der Waals surface area contributed by atoms with E-state index >= 15 is 0 Å². The second kappa shape index (κ2) is 5.00. The highest BCUT2D eigenvalue weighted by molar-refractivity contribution is 5.24. The Balaban J connectivity index is 2.98. The van der Waals surface area contributed by atoms with Gasteiger partial charge in [-0.3, -0.25) is 4.68 Å². The Bertz CT molecular complexity index is 351. The van der Waals surface area contributed by atoms with Gasteiger partial charge >= 0.3 is 0 Å². The molecule has 1 aromatic rings. The molecule has 0 saturated carbocycles. The van der Waals surface area contributed by atoms with Crippen molar-refractivity contribution in [1.82, 2.24) is 9.78 Å². The van der Waals surface area contributed by atoms with Gasteiger partial charge < -0.3 is 5.11 Å². The fourth-order valence-electron chi connectivity index (χ4n) is 2.15. The molecule has 0 fully saturated rings. The molecular weight excluding hydrogens is 200 g/mol. The molecule has 1 heterocycles. The summed E-state index contributed by atoms with van der Waals surface area (Å²) in [6, 6.07) is 0. The van der Waals surface area contributed by atoms with Crippen LogP contribution in [0.25, 0.3) is 0 Å². The Hall–Kier alpha value is -0.830. The third kappa shape index (κ3) is 2.46. The Morgan fingerprint density at radius 3 is 2.12 bits per heavy atom. The van der Waals surface area contributed by atoms with Gasteiger partial charge in [0.15, 0.2) is 0 Å². The highest BCUT2D eigenvalue weighted by Gasteiger charge is 2.24. The van der Waals surface area contributed by atoms with Gasteiger partial charge in [-0.1, -0.05) is 20.8 Å². The zero-order valence-electron chi connectivity index (χ0n) is 11.2. The topological polar surface area (TPSA) is 38.0 Å². The van der Waals surface area contributed by atoms with Gasteiger partial charge in [0.2, 0.25) is 0 Å². The van der Waals surface area contributed by atoms with Crippen molar-refractivity contribution < 1.29 is 5.11 Å². The Kier molecular flexibility index (Phi) is 4.14. The van der Waals surface area contributed by atoms with Gasteiger partial charge in [-0.2, -0.15) is 5.10 Å². The van der Waals surface area contributed by atoms with E-state index < -0.39 is 5.60 Å². The van der Waals surface area contributed by atoms with Crippen molar-refractivity contribution in [3.63, 3.8) is 0 Å². The lowest BCUT2D eigenvalue weighted by Gasteiger charge is -2.25. The van der Waals surface area contributed by atoms with E-state index in [0.717, 1.165) is 25.0 Å². The molecule has 0 aliphatic rings. The van der Waals surface area contributed by atoms with Crippen molar-refractivity contribution in [2.75, 3.05) is 0 Å². The van der Waals surface area contributed by atoms with E-state index in [1.807, 2.05) is 25.5 Å². The van der Waals surface area contributed by atoms with E-state index in [1.165, 1.54) is 11.3 Å². The summed E-state index contributed by atoms with van der Waals surface area (Å²) < 4.78 is 1.96. The molecule has 0 aromatic carbocycles. The molecule has 3 heteroatoms. The van der Waals surface area contributed by atoms with E-state index in [9.17, 15) is 5.11 Å². The lowest BCUT2D eigenvalue weighted by Crippen LogP contribution is -2.33. The molecule has 0 spiro atoms. The number of hydrogen-bond acceptors (Lipinski definition) is 2. The van der Waals surface area contributed by atoms with E-state index in [2.05, 4.69) is 18.9 Å². The van der Waals surface area contributed by atoms with Gasteiger partial charge in [-0.15, -0.1) is 0 Å². The SMILES string of the molecule is CCc1c(C)nn(CC(O)(CC)CC)c1C. The van der Waals surface area contributed by atoms with Crippen LogP contribution in [0, 0.1) is 13.8 Å². The molecule has 0 bridgehead atoms. The molecular formula is C13H24N2O. The van der Waals surface area contributed by atoms with Crippen LogP contribution in [0.15, 0.2) is 0 Å². The average molecular weight is 224 g/mol. The van der Waals surface area contributed by atoms with Crippen LogP contribution in [-0.2, 0) is 13.0 Å². The van der Waals surface area contributed by atoms with Crippen LogP contribution in [0.5, 0.6) is 0 Å². The van der Waals surface area contributed by atoms with Gasteiger partial charge in [0.25, 0.3) is 0 Å². The van der Waals surface area contributed by atoms with Crippen LogP contribution in [-0.4, -0.2) is 20.5 Å². The average Bonchev–Trinajstić information content (AvgIpc) is 2.53. The Morgan fingerprint density at radius 1 is 1.19 bits per heavy atom. The van der Waals surface area contributed by atoms with Gasteiger partial charge in [-0.05, 0) is 38.7 Å². The smallest absolute Gasteiger partial charge is 0.0837 e. The zero-order chi connectivity index (χ0) is 12.3. The van der Waals surface area contributed by atoms with Crippen molar-refractivity contribution >= 4 is 0 Å². The van der Waals surface area contributed by atoms with E-state index in [0.29, 0.717) is 6.54 Å². The first-order chi connectivity index (χ1) is 7.47. The third-order valence-electron chi connectivity index (χ3n) is 3.65. The van der Waals surface area contributed by atoms with Gasteiger partial charge in [0.05, 0.1) is 17.8 Å². The highest BCUT2D eigenvalue weighted by Crippen LogP contribution is 2.20. The van der Waals surface area contributed by atoms with Gasteiger partial charge in [0.1, 0.15) is 0 Å². The Labute approximate surface area is 98.5 Å². The third-order valence-corrected chi connectivity index (χ3v) is 3.65. The first kappa shape index (κ1) is 13.2. The quantitative estimate of drug-likeness (QED) is 0.835. The number of nitrogens with zero attached hydrogens (tertiary/aromatic N) is 2. The summed E-state index contributed by atoms with van der Waals surface area (Å²) in [7, 11) is 0. The minimum Gasteiger partial charge on any atom is -0.388 e. The van der Waals surface area contributed by atoms with E-state index in [-0.39, 0.29) is 0 Å². The fourth-order valence-corrected chi connectivity index (χ4v) is 2.15. The maximum absolute atomic E-state index is 10.3. The summed E-state index contributed by atoms with van der Waals surface area (Å²) in [4.78, 5) is 0. The first-order valence-electron chi connectivity index (χ1n) is 6.22. The van der Waals surface area contributed by atoms with E-state index in [1.54, 1.807) is 0 Å². The Morgan fingerprint density at radius 2 is 1.75 bits per heavy atom. The molecule has 0 radical (unpaired) electrons. The molecule has 1 aromatic heterocycles. The number of aryl methyl sites for hydroxylation is 1. The van der Waals surface area contributed by atoms with Crippen molar-refractivity contribution in [3.8, 4) is 0 Å². The molecule has 0 atom stereocenters. The number of rotatable bonds is 5. The van der Waals surface area contributed by atoms with Crippen LogP contribution >= 0.6 is 0 Å².